The Labute approximate surface area is 122 Å². The van der Waals surface area contributed by atoms with Crippen LogP contribution < -0.4 is 0 Å². The van der Waals surface area contributed by atoms with Gasteiger partial charge in [0.25, 0.3) is 5.91 Å². The molecular formula is C14H17BrN2O2. The van der Waals surface area contributed by atoms with E-state index in [1.165, 1.54) is 0 Å². The van der Waals surface area contributed by atoms with Gasteiger partial charge in [0.05, 0.1) is 19.1 Å². The molecule has 1 amide bonds. The number of aryl methyl sites for hydroxylation is 1. The van der Waals surface area contributed by atoms with Crippen molar-refractivity contribution in [2.45, 2.75) is 13.3 Å². The first-order valence-electron chi connectivity index (χ1n) is 6.01. The predicted octanol–water partition coefficient (Wildman–Crippen LogP) is 2.76. The zero-order valence-corrected chi connectivity index (χ0v) is 12.7. The summed E-state index contributed by atoms with van der Waals surface area (Å²) in [5, 5.41) is 8.66. The predicted molar refractivity (Wildman–Crippen MR) is 76.9 cm³/mol. The van der Waals surface area contributed by atoms with E-state index in [2.05, 4.69) is 22.0 Å². The number of carbonyl (C=O) groups is 1. The number of ether oxygens (including phenoxy) is 1. The molecular weight excluding hydrogens is 308 g/mol. The molecule has 0 heterocycles. The number of carbonyl (C=O) groups excluding carboxylic acids is 1. The molecule has 0 spiro atoms. The van der Waals surface area contributed by atoms with Gasteiger partial charge in [-0.15, -0.1) is 0 Å². The van der Waals surface area contributed by atoms with Gasteiger partial charge < -0.3 is 9.64 Å². The van der Waals surface area contributed by atoms with E-state index in [4.69, 9.17) is 10.00 Å². The van der Waals surface area contributed by atoms with Gasteiger partial charge in [-0.25, -0.2) is 0 Å². The van der Waals surface area contributed by atoms with E-state index in [-0.39, 0.29) is 5.91 Å². The summed E-state index contributed by atoms with van der Waals surface area (Å²) in [5.41, 5.74) is 1.58. The van der Waals surface area contributed by atoms with Crippen LogP contribution >= 0.6 is 15.9 Å². The molecule has 0 saturated heterocycles. The summed E-state index contributed by atoms with van der Waals surface area (Å²) in [4.78, 5) is 14.1. The number of amides is 1. The number of halogens is 1. The second-order valence-corrected chi connectivity index (χ2v) is 5.07. The summed E-state index contributed by atoms with van der Waals surface area (Å²) in [6, 6.07) is 7.62. The molecule has 0 saturated carbocycles. The van der Waals surface area contributed by atoms with E-state index in [9.17, 15) is 4.79 Å². The maximum atomic E-state index is 12.4. The fourth-order valence-electron chi connectivity index (χ4n) is 1.74. The summed E-state index contributed by atoms with van der Waals surface area (Å²) in [7, 11) is 1.60. The molecule has 19 heavy (non-hydrogen) atoms. The van der Waals surface area contributed by atoms with Gasteiger partial charge in [-0.05, 0) is 30.7 Å². The third-order valence-corrected chi connectivity index (χ3v) is 3.26. The summed E-state index contributed by atoms with van der Waals surface area (Å²) >= 11 is 3.38. The van der Waals surface area contributed by atoms with Gasteiger partial charge >= 0.3 is 0 Å². The van der Waals surface area contributed by atoms with Crippen molar-refractivity contribution in [3.8, 4) is 6.07 Å². The molecule has 0 N–H and O–H groups in total. The Kier molecular flexibility index (Phi) is 6.54. The second-order valence-electron chi connectivity index (χ2n) is 4.15. The zero-order valence-electron chi connectivity index (χ0n) is 11.1. The van der Waals surface area contributed by atoms with Crippen LogP contribution in [0.25, 0.3) is 0 Å². The molecule has 1 rings (SSSR count). The smallest absolute Gasteiger partial charge is 0.254 e. The Balaban J connectivity index is 2.88. The maximum absolute atomic E-state index is 12.4. The highest BCUT2D eigenvalue weighted by atomic mass is 79.9. The number of nitriles is 1. The van der Waals surface area contributed by atoms with Gasteiger partial charge in [-0.2, -0.15) is 5.26 Å². The van der Waals surface area contributed by atoms with Gasteiger partial charge in [-0.1, -0.05) is 15.9 Å². The van der Waals surface area contributed by atoms with E-state index in [1.807, 2.05) is 19.1 Å². The van der Waals surface area contributed by atoms with E-state index in [1.54, 1.807) is 18.1 Å². The summed E-state index contributed by atoms with van der Waals surface area (Å²) in [6.45, 7) is 3.28. The highest BCUT2D eigenvalue weighted by molar-refractivity contribution is 9.10. The molecule has 0 fully saturated rings. The lowest BCUT2D eigenvalue weighted by molar-refractivity contribution is 0.0699. The van der Waals surface area contributed by atoms with Crippen LogP contribution in [0, 0.1) is 18.3 Å². The van der Waals surface area contributed by atoms with Crippen LogP contribution in [0.3, 0.4) is 0 Å². The zero-order chi connectivity index (χ0) is 14.3. The van der Waals surface area contributed by atoms with Crippen LogP contribution in [0.4, 0.5) is 0 Å². The van der Waals surface area contributed by atoms with Crippen molar-refractivity contribution < 1.29 is 9.53 Å². The average Bonchev–Trinajstić information content (AvgIpc) is 2.38. The standard InChI is InChI=1S/C14H17BrN2O2/c1-11-10-12(15)4-5-13(11)14(18)17(7-3-6-16)8-9-19-2/h4-5,10H,3,7-9H2,1-2H3. The van der Waals surface area contributed by atoms with Crippen LogP contribution in [-0.2, 0) is 4.74 Å². The molecule has 5 heteroatoms. The van der Waals surface area contributed by atoms with Crippen molar-refractivity contribution in [3.05, 3.63) is 33.8 Å². The highest BCUT2D eigenvalue weighted by Gasteiger charge is 2.17. The molecule has 0 aromatic heterocycles. The lowest BCUT2D eigenvalue weighted by atomic mass is 10.1. The number of hydrogen-bond donors (Lipinski definition) is 0. The molecule has 0 aliphatic carbocycles. The third-order valence-electron chi connectivity index (χ3n) is 2.76. The summed E-state index contributed by atoms with van der Waals surface area (Å²) < 4.78 is 5.95. The average molecular weight is 325 g/mol. The maximum Gasteiger partial charge on any atom is 0.254 e. The third kappa shape index (κ3) is 4.66. The normalized spacial score (nSPS) is 10.0. The fourth-order valence-corrected chi connectivity index (χ4v) is 2.21. The molecule has 0 aliphatic heterocycles. The van der Waals surface area contributed by atoms with E-state index >= 15 is 0 Å². The monoisotopic (exact) mass is 324 g/mol. The van der Waals surface area contributed by atoms with Crippen LogP contribution in [0.2, 0.25) is 0 Å². The number of methoxy groups -OCH3 is 1. The molecule has 1 aromatic carbocycles. The minimum Gasteiger partial charge on any atom is -0.383 e. The van der Waals surface area contributed by atoms with Crippen LogP contribution in [0.1, 0.15) is 22.3 Å². The quantitative estimate of drug-likeness (QED) is 0.808. The minimum atomic E-state index is -0.0581. The topological polar surface area (TPSA) is 53.3 Å². The van der Waals surface area contributed by atoms with Crippen molar-refractivity contribution in [1.82, 2.24) is 4.90 Å². The molecule has 0 bridgehead atoms. The summed E-state index contributed by atoms with van der Waals surface area (Å²) in [5.74, 6) is -0.0581. The van der Waals surface area contributed by atoms with Gasteiger partial charge in [0.15, 0.2) is 0 Å². The van der Waals surface area contributed by atoms with Gasteiger partial charge in [-0.3, -0.25) is 4.79 Å². The second kappa shape index (κ2) is 7.93. The number of hydrogen-bond acceptors (Lipinski definition) is 3. The summed E-state index contributed by atoms with van der Waals surface area (Å²) in [6.07, 6.45) is 0.324. The SMILES string of the molecule is COCCN(CCC#N)C(=O)c1ccc(Br)cc1C. The Morgan fingerprint density at radius 1 is 1.47 bits per heavy atom. The Morgan fingerprint density at radius 3 is 2.79 bits per heavy atom. The first-order chi connectivity index (χ1) is 9.10. The first-order valence-corrected chi connectivity index (χ1v) is 6.80. The van der Waals surface area contributed by atoms with Crippen LogP contribution in [0.5, 0.6) is 0 Å². The molecule has 0 aliphatic rings. The lowest BCUT2D eigenvalue weighted by Crippen LogP contribution is -2.35. The minimum absolute atomic E-state index is 0.0581. The first kappa shape index (κ1) is 15.7. The largest absolute Gasteiger partial charge is 0.383 e. The van der Waals surface area contributed by atoms with Gasteiger partial charge in [0.2, 0.25) is 0 Å². The number of rotatable bonds is 6. The number of benzene rings is 1. The molecule has 0 unspecified atom stereocenters. The van der Waals surface area contributed by atoms with Crippen molar-refractivity contribution in [1.29, 1.82) is 5.26 Å². The Bertz CT molecular complexity index is 483. The highest BCUT2D eigenvalue weighted by Crippen LogP contribution is 2.17. The van der Waals surface area contributed by atoms with Crippen LogP contribution in [-0.4, -0.2) is 37.6 Å². The van der Waals surface area contributed by atoms with Crippen molar-refractivity contribution in [2.75, 3.05) is 26.8 Å². The van der Waals surface area contributed by atoms with E-state index in [0.29, 0.717) is 31.7 Å². The van der Waals surface area contributed by atoms with Crippen molar-refractivity contribution in [3.63, 3.8) is 0 Å². The van der Waals surface area contributed by atoms with Gasteiger partial charge in [0, 0.05) is 30.2 Å². The fraction of sp³-hybridized carbons (Fsp3) is 0.429. The van der Waals surface area contributed by atoms with E-state index in [0.717, 1.165) is 10.0 Å². The Morgan fingerprint density at radius 2 is 2.21 bits per heavy atom. The van der Waals surface area contributed by atoms with Gasteiger partial charge in [0.1, 0.15) is 0 Å². The molecule has 4 nitrogen and oxygen atoms in total. The molecule has 0 atom stereocenters. The van der Waals surface area contributed by atoms with Crippen molar-refractivity contribution in [2.24, 2.45) is 0 Å². The lowest BCUT2D eigenvalue weighted by Gasteiger charge is -2.22. The molecule has 0 radical (unpaired) electrons. The Hall–Kier alpha value is -1.38. The molecule has 1 aromatic rings. The molecule has 102 valence electrons. The van der Waals surface area contributed by atoms with E-state index < -0.39 is 0 Å². The van der Waals surface area contributed by atoms with Crippen molar-refractivity contribution >= 4 is 21.8 Å². The van der Waals surface area contributed by atoms with Crippen LogP contribution in [0.15, 0.2) is 22.7 Å². The number of nitrogens with zero attached hydrogens (tertiary/aromatic N) is 2.